The van der Waals surface area contributed by atoms with Crippen LogP contribution in [0.25, 0.3) is 0 Å². The molecule has 0 saturated carbocycles. The number of carbonyl (C=O) groups excluding carboxylic acids is 2. The van der Waals surface area contributed by atoms with Gasteiger partial charge in [0.15, 0.2) is 6.10 Å². The van der Waals surface area contributed by atoms with Gasteiger partial charge in [-0.05, 0) is 88.5 Å². The van der Waals surface area contributed by atoms with Crippen LogP contribution < -0.4 is 5.73 Å². The Labute approximate surface area is 370 Å². The third kappa shape index (κ3) is 24.3. The van der Waals surface area contributed by atoms with Gasteiger partial charge in [-0.3, -0.25) is 18.6 Å². The lowest BCUT2D eigenvalue weighted by Crippen LogP contribution is -2.29. The van der Waals surface area contributed by atoms with E-state index in [4.69, 9.17) is 33.1 Å². The number of phosphoric ester groups is 1. The number of ether oxygens (including phenoxy) is 2. The maximum Gasteiger partial charge on any atom is 0.472 e. The quantitative estimate of drug-likeness (QED) is 0.0373. The van der Waals surface area contributed by atoms with Crippen LogP contribution in [0.15, 0.2) is 8.83 Å². The molecule has 2 aromatic heterocycles. The van der Waals surface area contributed by atoms with E-state index in [1.165, 1.54) is 111 Å². The van der Waals surface area contributed by atoms with Crippen molar-refractivity contribution in [1.82, 2.24) is 0 Å². The van der Waals surface area contributed by atoms with E-state index >= 15 is 0 Å². The van der Waals surface area contributed by atoms with Gasteiger partial charge in [-0.15, -0.1) is 0 Å². The molecule has 0 aliphatic rings. The minimum absolute atomic E-state index is 0.0422. The van der Waals surface area contributed by atoms with Crippen LogP contribution >= 0.6 is 7.82 Å². The number of hydrogen-bond acceptors (Lipinski definition) is 10. The third-order valence-electron chi connectivity index (χ3n) is 11.9. The first-order chi connectivity index (χ1) is 29.4. The predicted molar refractivity (Wildman–Crippen MR) is 245 cm³/mol. The van der Waals surface area contributed by atoms with Crippen molar-refractivity contribution in [3.05, 3.63) is 45.3 Å². The molecule has 1 unspecified atom stereocenters. The van der Waals surface area contributed by atoms with E-state index in [9.17, 15) is 19.0 Å². The highest BCUT2D eigenvalue weighted by Gasteiger charge is 2.26. The molecule has 3 N–H and O–H groups in total. The van der Waals surface area contributed by atoms with Crippen molar-refractivity contribution in [2.24, 2.45) is 5.73 Å². The molecule has 0 fully saturated rings. The van der Waals surface area contributed by atoms with E-state index in [-0.39, 0.29) is 32.6 Å². The zero-order valence-electron chi connectivity index (χ0n) is 39.4. The summed E-state index contributed by atoms with van der Waals surface area (Å²) in [5.41, 5.74) is 10.7. The Balaban J connectivity index is 1.58. The predicted octanol–water partition coefficient (Wildman–Crippen LogP) is 12.9. The molecule has 2 atom stereocenters. The summed E-state index contributed by atoms with van der Waals surface area (Å²) in [6, 6.07) is 0. The number of phosphoric acid groups is 1. The van der Waals surface area contributed by atoms with Gasteiger partial charge in [0, 0.05) is 45.1 Å². The summed E-state index contributed by atoms with van der Waals surface area (Å²) in [7, 11) is -4.40. The van der Waals surface area contributed by atoms with Gasteiger partial charge >= 0.3 is 19.8 Å². The first-order valence-electron chi connectivity index (χ1n) is 24.2. The Bertz CT molecular complexity index is 1520. The summed E-state index contributed by atoms with van der Waals surface area (Å²) in [6.07, 6.45) is 27.8. The summed E-state index contributed by atoms with van der Waals surface area (Å²) in [6.45, 7) is 12.3. The SMILES string of the molecule is CCCCCc1oc(CCCCCCCCCCCCC(=O)OC[C@H](COP(=O)(O)OCCN)OC(=O)CCCCCCCCc2oc(CCCCC)c(C)c2C)c(C)c1C. The van der Waals surface area contributed by atoms with Crippen LogP contribution in [-0.2, 0) is 58.4 Å². The molecule has 2 rings (SSSR count). The lowest BCUT2D eigenvalue weighted by Gasteiger charge is -2.19. The second-order valence-electron chi connectivity index (χ2n) is 17.1. The van der Waals surface area contributed by atoms with E-state index in [1.807, 2.05) is 0 Å². The standard InChI is InChI=1S/C49H86NO10P/c1-7-9-23-29-44-39(3)41(5)46(59-44)31-25-19-15-13-11-12-14-16-21-27-33-48(51)55-37-43(38-57-61(53,54)56-36-35-50)58-49(52)34-28-22-18-17-20-26-32-47-42(6)40(4)45(60-47)30-24-10-8-2/h43H,7-38,50H2,1-6H3,(H,53,54)/t43-/m1/s1. The minimum atomic E-state index is -4.40. The first kappa shape index (κ1) is 54.7. The molecule has 0 aliphatic carbocycles. The lowest BCUT2D eigenvalue weighted by molar-refractivity contribution is -0.161. The van der Waals surface area contributed by atoms with E-state index in [2.05, 4.69) is 41.5 Å². The summed E-state index contributed by atoms with van der Waals surface area (Å²) < 4.78 is 45.4. The zero-order valence-corrected chi connectivity index (χ0v) is 40.2. The average Bonchev–Trinajstić information content (AvgIpc) is 3.67. The Morgan fingerprint density at radius 2 is 0.902 bits per heavy atom. The van der Waals surface area contributed by atoms with Crippen LogP contribution in [0.3, 0.4) is 0 Å². The number of unbranched alkanes of at least 4 members (excludes halogenated alkanes) is 18. The van der Waals surface area contributed by atoms with Crippen LogP contribution in [0, 0.1) is 27.7 Å². The lowest BCUT2D eigenvalue weighted by atomic mass is 10.0. The molecular weight excluding hydrogens is 794 g/mol. The summed E-state index contributed by atoms with van der Waals surface area (Å²) in [5.74, 6) is 3.78. The largest absolute Gasteiger partial charge is 0.472 e. The van der Waals surface area contributed by atoms with Crippen LogP contribution in [0.1, 0.15) is 213 Å². The molecule has 0 amide bonds. The number of hydrogen-bond donors (Lipinski definition) is 2. The van der Waals surface area contributed by atoms with Crippen LogP contribution in [-0.4, -0.2) is 49.3 Å². The van der Waals surface area contributed by atoms with Crippen LogP contribution in [0.5, 0.6) is 0 Å². The normalized spacial score (nSPS) is 13.1. The fourth-order valence-corrected chi connectivity index (χ4v) is 8.46. The molecule has 0 aromatic carbocycles. The Morgan fingerprint density at radius 3 is 1.30 bits per heavy atom. The molecule has 0 spiro atoms. The zero-order chi connectivity index (χ0) is 44.7. The second kappa shape index (κ2) is 33.1. The molecule has 352 valence electrons. The highest BCUT2D eigenvalue weighted by Crippen LogP contribution is 2.43. The van der Waals surface area contributed by atoms with Crippen LogP contribution in [0.4, 0.5) is 0 Å². The molecule has 0 saturated heterocycles. The summed E-state index contributed by atoms with van der Waals surface area (Å²) in [4.78, 5) is 35.2. The van der Waals surface area contributed by atoms with Gasteiger partial charge in [0.25, 0.3) is 0 Å². The Hall–Kier alpha value is -2.43. The average molecular weight is 880 g/mol. The number of furan rings is 2. The fourth-order valence-electron chi connectivity index (χ4n) is 7.70. The van der Waals surface area contributed by atoms with Crippen molar-refractivity contribution < 1.29 is 46.4 Å². The van der Waals surface area contributed by atoms with Crippen molar-refractivity contribution in [2.75, 3.05) is 26.4 Å². The molecular formula is C49H86NO10P. The number of aryl methyl sites for hydroxylation is 4. The molecule has 11 nitrogen and oxygen atoms in total. The molecule has 0 bridgehead atoms. The van der Waals surface area contributed by atoms with Crippen molar-refractivity contribution in [3.63, 3.8) is 0 Å². The minimum Gasteiger partial charge on any atom is -0.466 e. The topological polar surface area (TPSA) is 161 Å². The van der Waals surface area contributed by atoms with Gasteiger partial charge < -0.3 is 28.9 Å². The van der Waals surface area contributed by atoms with Crippen molar-refractivity contribution >= 4 is 19.8 Å². The Morgan fingerprint density at radius 1 is 0.541 bits per heavy atom. The maximum absolute atomic E-state index is 12.7. The van der Waals surface area contributed by atoms with Gasteiger partial charge in [-0.2, -0.15) is 0 Å². The van der Waals surface area contributed by atoms with Gasteiger partial charge in [-0.1, -0.05) is 117 Å². The van der Waals surface area contributed by atoms with Crippen molar-refractivity contribution in [2.45, 2.75) is 227 Å². The number of rotatable bonds is 39. The maximum atomic E-state index is 12.7. The second-order valence-corrected chi connectivity index (χ2v) is 18.6. The number of nitrogens with two attached hydrogens (primary N) is 1. The molecule has 0 radical (unpaired) electrons. The number of carbonyl (C=O) groups is 2. The molecule has 2 aromatic rings. The fraction of sp³-hybridized carbons (Fsp3) is 0.796. The van der Waals surface area contributed by atoms with E-state index in [1.54, 1.807) is 0 Å². The van der Waals surface area contributed by atoms with Crippen LogP contribution in [0.2, 0.25) is 0 Å². The molecule has 2 heterocycles. The number of esters is 2. The van der Waals surface area contributed by atoms with Gasteiger partial charge in [-0.25, -0.2) is 4.57 Å². The third-order valence-corrected chi connectivity index (χ3v) is 12.9. The van der Waals surface area contributed by atoms with Crippen molar-refractivity contribution in [1.29, 1.82) is 0 Å². The molecule has 12 heteroatoms. The van der Waals surface area contributed by atoms with Gasteiger partial charge in [0.2, 0.25) is 0 Å². The first-order valence-corrected chi connectivity index (χ1v) is 25.7. The Kier molecular flexibility index (Phi) is 29.7. The van der Waals surface area contributed by atoms with E-state index in [0.29, 0.717) is 12.8 Å². The molecule has 0 aliphatic heterocycles. The molecule has 61 heavy (non-hydrogen) atoms. The summed E-state index contributed by atoms with van der Waals surface area (Å²) >= 11 is 0. The van der Waals surface area contributed by atoms with E-state index < -0.39 is 32.5 Å². The van der Waals surface area contributed by atoms with Gasteiger partial charge in [0.05, 0.1) is 13.2 Å². The highest BCUT2D eigenvalue weighted by molar-refractivity contribution is 7.47. The summed E-state index contributed by atoms with van der Waals surface area (Å²) in [5, 5.41) is 0. The smallest absolute Gasteiger partial charge is 0.466 e. The van der Waals surface area contributed by atoms with E-state index in [0.717, 1.165) is 88.6 Å². The van der Waals surface area contributed by atoms with Gasteiger partial charge in [0.1, 0.15) is 29.6 Å². The van der Waals surface area contributed by atoms with Crippen molar-refractivity contribution in [3.8, 4) is 0 Å². The highest BCUT2D eigenvalue weighted by atomic mass is 31.2. The monoisotopic (exact) mass is 880 g/mol.